The number of quaternary nitrogens is 1. The standard InChI is InChI=1S/C17H27BrNO.HI/c1-19(12-6-3-7-13-19)11-5-2-4-8-15-9-10-16(18)17(20)14-15;/h9-10,14,16H,2-8,11-13H2,1H3;1H/q+1;/p-1. The summed E-state index contributed by atoms with van der Waals surface area (Å²) in [7, 11) is 2.42. The SMILES string of the molecule is C[N+]1(CCCCCC2=CC(=O)C(Br)C=C2)CCCCC1.[I-]. The van der Waals surface area contributed by atoms with Crippen LogP contribution in [-0.2, 0) is 4.79 Å². The molecule has 2 aliphatic rings. The van der Waals surface area contributed by atoms with Crippen molar-refractivity contribution in [3.63, 3.8) is 0 Å². The quantitative estimate of drug-likeness (QED) is 0.246. The molecule has 0 bridgehead atoms. The van der Waals surface area contributed by atoms with Gasteiger partial charge in [0.1, 0.15) is 0 Å². The van der Waals surface area contributed by atoms with Crippen molar-refractivity contribution in [2.75, 3.05) is 26.7 Å². The predicted molar refractivity (Wildman–Crippen MR) is 88.0 cm³/mol. The molecule has 0 N–H and O–H groups in total. The highest BCUT2D eigenvalue weighted by Crippen LogP contribution is 2.20. The topological polar surface area (TPSA) is 17.1 Å². The summed E-state index contributed by atoms with van der Waals surface area (Å²) in [4.78, 5) is 11.5. The minimum atomic E-state index is -0.102. The van der Waals surface area contributed by atoms with Gasteiger partial charge in [-0.1, -0.05) is 28.1 Å². The average Bonchev–Trinajstić information content (AvgIpc) is 2.43. The molecule has 1 atom stereocenters. The fourth-order valence-corrected chi connectivity index (χ4v) is 3.55. The van der Waals surface area contributed by atoms with Crippen molar-refractivity contribution in [2.45, 2.75) is 49.8 Å². The highest BCUT2D eigenvalue weighted by Gasteiger charge is 2.23. The van der Waals surface area contributed by atoms with Gasteiger partial charge in [0.15, 0.2) is 5.78 Å². The lowest BCUT2D eigenvalue weighted by Crippen LogP contribution is -3.00. The second-order valence-corrected chi connectivity index (χ2v) is 7.53. The normalized spacial score (nSPS) is 24.4. The highest BCUT2D eigenvalue weighted by molar-refractivity contribution is 9.10. The molecule has 21 heavy (non-hydrogen) atoms. The van der Waals surface area contributed by atoms with Gasteiger partial charge in [0.05, 0.1) is 31.5 Å². The Morgan fingerprint density at radius 2 is 1.90 bits per heavy atom. The van der Waals surface area contributed by atoms with Crippen molar-refractivity contribution >= 4 is 21.7 Å². The first kappa shape index (κ1) is 19.4. The molecule has 1 aliphatic heterocycles. The maximum Gasteiger partial charge on any atom is 0.173 e. The number of nitrogens with zero attached hydrogens (tertiary/aromatic N) is 1. The Bertz CT molecular complexity index is 400. The number of hydrogen-bond donors (Lipinski definition) is 0. The molecule has 1 aliphatic carbocycles. The summed E-state index contributed by atoms with van der Waals surface area (Å²) in [6.45, 7) is 4.07. The minimum Gasteiger partial charge on any atom is -1.00 e. The molecule has 1 saturated heterocycles. The van der Waals surface area contributed by atoms with Gasteiger partial charge in [0, 0.05) is 0 Å². The van der Waals surface area contributed by atoms with Crippen LogP contribution in [0.15, 0.2) is 23.8 Å². The Morgan fingerprint density at radius 1 is 1.19 bits per heavy atom. The Balaban J connectivity index is 0.00000220. The number of unbranched alkanes of at least 4 members (excludes halogenated alkanes) is 2. The third-order valence-electron chi connectivity index (χ3n) is 4.64. The average molecular weight is 468 g/mol. The number of carbonyl (C=O) groups excluding carboxylic acids is 1. The van der Waals surface area contributed by atoms with Crippen molar-refractivity contribution < 1.29 is 33.3 Å². The number of hydrogen-bond acceptors (Lipinski definition) is 1. The number of piperidine rings is 1. The van der Waals surface area contributed by atoms with E-state index in [1.165, 1.54) is 68.2 Å². The molecular weight excluding hydrogens is 441 g/mol. The number of carbonyl (C=O) groups is 1. The molecule has 0 aromatic heterocycles. The van der Waals surface area contributed by atoms with E-state index in [-0.39, 0.29) is 34.6 Å². The van der Waals surface area contributed by atoms with E-state index in [4.69, 9.17) is 0 Å². The summed E-state index contributed by atoms with van der Waals surface area (Å²) in [6.07, 6.45) is 15.0. The zero-order valence-corrected chi connectivity index (χ0v) is 16.7. The van der Waals surface area contributed by atoms with Crippen LogP contribution in [0, 0.1) is 0 Å². The van der Waals surface area contributed by atoms with E-state index in [1.807, 2.05) is 6.08 Å². The molecule has 0 saturated carbocycles. The number of ketones is 1. The molecule has 4 heteroatoms. The Labute approximate surface area is 154 Å². The number of likely N-dealkylation sites (tertiary alicyclic amines) is 1. The van der Waals surface area contributed by atoms with Crippen molar-refractivity contribution in [2.24, 2.45) is 0 Å². The third kappa shape index (κ3) is 6.53. The first-order chi connectivity index (χ1) is 9.59. The zero-order valence-electron chi connectivity index (χ0n) is 13.0. The van der Waals surface area contributed by atoms with Crippen molar-refractivity contribution in [1.82, 2.24) is 0 Å². The molecule has 2 nitrogen and oxygen atoms in total. The largest absolute Gasteiger partial charge is 1.00 e. The molecular formula is C17H27BrINO. The van der Waals surface area contributed by atoms with Crippen molar-refractivity contribution in [3.8, 4) is 0 Å². The second kappa shape index (κ2) is 9.46. The van der Waals surface area contributed by atoms with E-state index in [2.05, 4.69) is 29.1 Å². The molecule has 0 amide bonds. The predicted octanol–water partition coefficient (Wildman–Crippen LogP) is 1.01. The number of halogens is 2. The van der Waals surface area contributed by atoms with Crippen LogP contribution in [0.4, 0.5) is 0 Å². The molecule has 0 radical (unpaired) electrons. The van der Waals surface area contributed by atoms with E-state index in [1.54, 1.807) is 6.08 Å². The summed E-state index contributed by atoms with van der Waals surface area (Å²) in [6, 6.07) is 0. The molecule has 120 valence electrons. The van der Waals surface area contributed by atoms with Crippen LogP contribution in [0.1, 0.15) is 44.9 Å². The maximum absolute atomic E-state index is 11.6. The molecule has 0 aromatic rings. The smallest absolute Gasteiger partial charge is 0.173 e. The van der Waals surface area contributed by atoms with Crippen molar-refractivity contribution in [3.05, 3.63) is 23.8 Å². The Hall–Kier alpha value is 0.320. The lowest BCUT2D eigenvalue weighted by Gasteiger charge is -2.37. The zero-order chi connectivity index (χ0) is 14.4. The van der Waals surface area contributed by atoms with Gasteiger partial charge in [-0.05, 0) is 56.6 Å². The summed E-state index contributed by atoms with van der Waals surface area (Å²) < 4.78 is 1.28. The van der Waals surface area contributed by atoms with E-state index in [9.17, 15) is 4.79 Å². The van der Waals surface area contributed by atoms with Gasteiger partial charge in [0.25, 0.3) is 0 Å². The second-order valence-electron chi connectivity index (χ2n) is 6.54. The summed E-state index contributed by atoms with van der Waals surface area (Å²) in [5, 5.41) is 0. The van der Waals surface area contributed by atoms with Crippen LogP contribution < -0.4 is 24.0 Å². The molecule has 1 heterocycles. The Morgan fingerprint density at radius 3 is 2.57 bits per heavy atom. The van der Waals surface area contributed by atoms with Crippen LogP contribution in [0.5, 0.6) is 0 Å². The Kier molecular flexibility index (Phi) is 8.72. The first-order valence-electron chi connectivity index (χ1n) is 7.99. The molecule has 0 aromatic carbocycles. The molecule has 0 spiro atoms. The molecule has 2 rings (SSSR count). The van der Waals surface area contributed by atoms with Crippen LogP contribution in [0.3, 0.4) is 0 Å². The van der Waals surface area contributed by atoms with Crippen molar-refractivity contribution in [1.29, 1.82) is 0 Å². The number of allylic oxidation sites excluding steroid dienone is 4. The van der Waals surface area contributed by atoms with Gasteiger partial charge in [-0.3, -0.25) is 4.79 Å². The minimum absolute atomic E-state index is 0. The van der Waals surface area contributed by atoms with E-state index >= 15 is 0 Å². The first-order valence-corrected chi connectivity index (χ1v) is 8.91. The number of rotatable bonds is 6. The fraction of sp³-hybridized carbons (Fsp3) is 0.706. The van der Waals surface area contributed by atoms with Crippen LogP contribution in [0.2, 0.25) is 0 Å². The van der Waals surface area contributed by atoms with Gasteiger partial charge in [0.2, 0.25) is 0 Å². The summed E-state index contributed by atoms with van der Waals surface area (Å²) in [5.74, 6) is 0.189. The highest BCUT2D eigenvalue weighted by atomic mass is 127. The van der Waals surface area contributed by atoms with Gasteiger partial charge >= 0.3 is 0 Å². The monoisotopic (exact) mass is 467 g/mol. The third-order valence-corrected chi connectivity index (χ3v) is 5.39. The van der Waals surface area contributed by atoms with E-state index in [0.29, 0.717) is 0 Å². The van der Waals surface area contributed by atoms with E-state index in [0.717, 1.165) is 6.42 Å². The lowest BCUT2D eigenvalue weighted by atomic mass is 10.00. The van der Waals surface area contributed by atoms with E-state index < -0.39 is 0 Å². The summed E-state index contributed by atoms with van der Waals surface area (Å²) in [5.41, 5.74) is 1.20. The van der Waals surface area contributed by atoms with Gasteiger partial charge in [-0.15, -0.1) is 0 Å². The lowest BCUT2D eigenvalue weighted by molar-refractivity contribution is -0.914. The van der Waals surface area contributed by atoms with Gasteiger partial charge in [-0.25, -0.2) is 0 Å². The van der Waals surface area contributed by atoms with Gasteiger partial charge < -0.3 is 28.5 Å². The van der Waals surface area contributed by atoms with Crippen LogP contribution in [-0.4, -0.2) is 41.8 Å². The fourth-order valence-electron chi connectivity index (χ4n) is 3.27. The molecule has 1 fully saturated rings. The van der Waals surface area contributed by atoms with Gasteiger partial charge in [-0.2, -0.15) is 0 Å². The number of alkyl halides is 1. The van der Waals surface area contributed by atoms with Crippen LogP contribution in [0.25, 0.3) is 0 Å². The molecule has 1 unspecified atom stereocenters. The maximum atomic E-state index is 11.6. The van der Waals surface area contributed by atoms with Crippen LogP contribution >= 0.6 is 15.9 Å². The summed E-state index contributed by atoms with van der Waals surface area (Å²) >= 11 is 3.34.